The van der Waals surface area contributed by atoms with Crippen LogP contribution in [0.25, 0.3) is 17.2 Å². The zero-order chi connectivity index (χ0) is 12.9. The number of hydrogen-bond donors (Lipinski definition) is 2. The molecule has 3 heterocycles. The number of H-pyrrole nitrogens is 1. The Kier molecular flexibility index (Phi) is 2.03. The molecule has 0 radical (unpaired) electrons. The number of aromatic carboxylic acids is 1. The minimum absolute atomic E-state index is 0.155. The van der Waals surface area contributed by atoms with Crippen LogP contribution in [0.1, 0.15) is 21.8 Å². The lowest BCUT2D eigenvalue weighted by Crippen LogP contribution is -1.95. The van der Waals surface area contributed by atoms with Crippen molar-refractivity contribution < 1.29 is 14.4 Å². The summed E-state index contributed by atoms with van der Waals surface area (Å²) in [6, 6.07) is 0. The molecule has 92 valence electrons. The van der Waals surface area contributed by atoms with E-state index in [9.17, 15) is 4.79 Å². The number of aromatic nitrogens is 4. The largest absolute Gasteiger partial charge is 0.475 e. The third-order valence-electron chi connectivity index (χ3n) is 2.73. The summed E-state index contributed by atoms with van der Waals surface area (Å²) in [5, 5.41) is 12.7. The van der Waals surface area contributed by atoms with Crippen molar-refractivity contribution in [1.82, 2.24) is 19.5 Å². The van der Waals surface area contributed by atoms with Crippen molar-refractivity contribution >= 4 is 11.7 Å². The minimum atomic E-state index is -1.13. The molecule has 3 rings (SSSR count). The lowest BCUT2D eigenvalue weighted by atomic mass is 10.2. The van der Waals surface area contributed by atoms with Crippen molar-refractivity contribution in [2.75, 3.05) is 0 Å². The highest BCUT2D eigenvalue weighted by molar-refractivity contribution is 5.88. The van der Waals surface area contributed by atoms with E-state index in [0.29, 0.717) is 22.7 Å². The summed E-state index contributed by atoms with van der Waals surface area (Å²) in [5.74, 6) is -0.605. The molecular formula is C11H10N4O3. The summed E-state index contributed by atoms with van der Waals surface area (Å²) in [6.07, 6.45) is 3.66. The second kappa shape index (κ2) is 3.46. The van der Waals surface area contributed by atoms with Crippen molar-refractivity contribution in [3.05, 3.63) is 29.4 Å². The predicted molar refractivity (Wildman–Crippen MR) is 61.5 cm³/mol. The average molecular weight is 246 g/mol. The SMILES string of the molecule is Cc1cn2cc(-c3noc(C(=O)O)c3C)nc2[nH]1. The molecule has 0 aromatic carbocycles. The predicted octanol–water partition coefficient (Wildman–Crippen LogP) is 1.63. The van der Waals surface area contributed by atoms with Gasteiger partial charge in [0.05, 0.1) is 0 Å². The number of aryl methyl sites for hydroxylation is 1. The molecule has 0 unspecified atom stereocenters. The number of carboxylic acid groups (broad SMARTS) is 1. The lowest BCUT2D eigenvalue weighted by Gasteiger charge is -1.90. The first kappa shape index (κ1) is 10.6. The van der Waals surface area contributed by atoms with Crippen molar-refractivity contribution in [1.29, 1.82) is 0 Å². The van der Waals surface area contributed by atoms with Gasteiger partial charge in [0.1, 0.15) is 11.4 Å². The molecule has 2 N–H and O–H groups in total. The van der Waals surface area contributed by atoms with Crippen LogP contribution in [0.15, 0.2) is 16.9 Å². The Morgan fingerprint density at radius 1 is 1.44 bits per heavy atom. The fourth-order valence-electron chi connectivity index (χ4n) is 1.89. The van der Waals surface area contributed by atoms with Crippen LogP contribution in [0.3, 0.4) is 0 Å². The second-order valence-corrected chi connectivity index (χ2v) is 4.08. The Morgan fingerprint density at radius 2 is 2.22 bits per heavy atom. The third-order valence-corrected chi connectivity index (χ3v) is 2.73. The van der Waals surface area contributed by atoms with Gasteiger partial charge >= 0.3 is 5.97 Å². The molecule has 0 spiro atoms. The molecule has 0 atom stereocenters. The summed E-state index contributed by atoms with van der Waals surface area (Å²) >= 11 is 0. The first-order chi connectivity index (χ1) is 8.56. The highest BCUT2D eigenvalue weighted by Crippen LogP contribution is 2.24. The molecule has 0 saturated carbocycles. The summed E-state index contributed by atoms with van der Waals surface area (Å²) in [7, 11) is 0. The van der Waals surface area contributed by atoms with E-state index < -0.39 is 5.97 Å². The van der Waals surface area contributed by atoms with Crippen LogP contribution in [0, 0.1) is 13.8 Å². The number of aromatic amines is 1. The summed E-state index contributed by atoms with van der Waals surface area (Å²) in [4.78, 5) is 18.3. The van der Waals surface area contributed by atoms with Crippen LogP contribution in [0.4, 0.5) is 0 Å². The maximum Gasteiger partial charge on any atom is 0.375 e. The molecule has 7 nitrogen and oxygen atoms in total. The number of hydrogen-bond acceptors (Lipinski definition) is 4. The van der Waals surface area contributed by atoms with Gasteiger partial charge in [0.25, 0.3) is 0 Å². The zero-order valence-corrected chi connectivity index (χ0v) is 9.76. The Bertz CT molecular complexity index is 718. The minimum Gasteiger partial charge on any atom is -0.475 e. The number of fused-ring (bicyclic) bond motifs is 1. The van der Waals surface area contributed by atoms with Crippen LogP contribution >= 0.6 is 0 Å². The normalized spacial score (nSPS) is 11.2. The molecule has 18 heavy (non-hydrogen) atoms. The van der Waals surface area contributed by atoms with Gasteiger partial charge in [0.15, 0.2) is 0 Å². The monoisotopic (exact) mass is 246 g/mol. The molecule has 0 bridgehead atoms. The van der Waals surface area contributed by atoms with Gasteiger partial charge in [0.2, 0.25) is 11.5 Å². The Balaban J connectivity index is 2.13. The average Bonchev–Trinajstić information content (AvgIpc) is 2.89. The summed E-state index contributed by atoms with van der Waals surface area (Å²) in [6.45, 7) is 3.58. The fraction of sp³-hybridized carbons (Fsp3) is 0.182. The number of carboxylic acids is 1. The van der Waals surface area contributed by atoms with Crippen LogP contribution < -0.4 is 0 Å². The van der Waals surface area contributed by atoms with E-state index in [1.165, 1.54) is 0 Å². The van der Waals surface area contributed by atoms with Crippen LogP contribution in [-0.2, 0) is 0 Å². The van der Waals surface area contributed by atoms with E-state index in [-0.39, 0.29) is 5.76 Å². The molecule has 0 fully saturated rings. The zero-order valence-electron chi connectivity index (χ0n) is 9.76. The van der Waals surface area contributed by atoms with Gasteiger partial charge in [-0.25, -0.2) is 9.78 Å². The highest BCUT2D eigenvalue weighted by Gasteiger charge is 2.21. The third kappa shape index (κ3) is 1.41. The number of nitrogens with zero attached hydrogens (tertiary/aromatic N) is 3. The standard InChI is InChI=1S/C11H10N4O3/c1-5-3-15-4-7(13-11(15)12-5)8-6(2)9(10(16)17)18-14-8/h3-4H,1-2H3,(H,12,13)(H,16,17). The van der Waals surface area contributed by atoms with E-state index in [2.05, 4.69) is 15.1 Å². The second-order valence-electron chi connectivity index (χ2n) is 4.08. The first-order valence-corrected chi connectivity index (χ1v) is 5.30. The maximum absolute atomic E-state index is 10.9. The van der Waals surface area contributed by atoms with Crippen molar-refractivity contribution in [2.45, 2.75) is 13.8 Å². The lowest BCUT2D eigenvalue weighted by molar-refractivity contribution is 0.0651. The van der Waals surface area contributed by atoms with Crippen LogP contribution in [0.2, 0.25) is 0 Å². The molecular weight excluding hydrogens is 236 g/mol. The summed E-state index contributed by atoms with van der Waals surface area (Å²) < 4.78 is 6.62. The smallest absolute Gasteiger partial charge is 0.375 e. The molecule has 3 aromatic rings. The molecule has 0 aliphatic carbocycles. The summed E-state index contributed by atoms with van der Waals surface area (Å²) in [5.41, 5.74) is 2.49. The van der Waals surface area contributed by atoms with E-state index in [1.807, 2.05) is 17.5 Å². The molecule has 0 aliphatic heterocycles. The molecule has 0 saturated heterocycles. The molecule has 7 heteroatoms. The molecule has 0 aliphatic rings. The van der Waals surface area contributed by atoms with Crippen molar-refractivity contribution in [3.63, 3.8) is 0 Å². The van der Waals surface area contributed by atoms with Gasteiger partial charge in [-0.1, -0.05) is 5.16 Å². The van der Waals surface area contributed by atoms with Crippen molar-refractivity contribution in [2.24, 2.45) is 0 Å². The molecule has 0 amide bonds. The van der Waals surface area contributed by atoms with E-state index >= 15 is 0 Å². The number of rotatable bonds is 2. The Morgan fingerprint density at radius 3 is 2.83 bits per heavy atom. The van der Waals surface area contributed by atoms with Gasteiger partial charge < -0.3 is 14.6 Å². The number of nitrogens with one attached hydrogen (secondary N) is 1. The highest BCUT2D eigenvalue weighted by atomic mass is 16.5. The molecule has 3 aromatic heterocycles. The van der Waals surface area contributed by atoms with Crippen LogP contribution in [0.5, 0.6) is 0 Å². The topological polar surface area (TPSA) is 96.4 Å². The van der Waals surface area contributed by atoms with Gasteiger partial charge in [-0.05, 0) is 13.8 Å². The van der Waals surface area contributed by atoms with Crippen molar-refractivity contribution in [3.8, 4) is 11.4 Å². The van der Waals surface area contributed by atoms with Crippen LogP contribution in [-0.4, -0.2) is 30.6 Å². The first-order valence-electron chi connectivity index (χ1n) is 5.30. The van der Waals surface area contributed by atoms with Gasteiger partial charge in [-0.15, -0.1) is 0 Å². The van der Waals surface area contributed by atoms with Gasteiger partial charge in [0, 0.05) is 23.7 Å². The van der Waals surface area contributed by atoms with E-state index in [4.69, 9.17) is 9.63 Å². The maximum atomic E-state index is 10.9. The van der Waals surface area contributed by atoms with Gasteiger partial charge in [-0.2, -0.15) is 0 Å². The Hall–Kier alpha value is -2.57. The number of imidazole rings is 2. The van der Waals surface area contributed by atoms with E-state index in [1.54, 1.807) is 13.1 Å². The fourth-order valence-corrected chi connectivity index (χ4v) is 1.89. The van der Waals surface area contributed by atoms with E-state index in [0.717, 1.165) is 5.69 Å². The van der Waals surface area contributed by atoms with Gasteiger partial charge in [-0.3, -0.25) is 4.40 Å². The Labute approximate surface area is 101 Å². The number of carbonyl (C=O) groups is 1. The quantitative estimate of drug-likeness (QED) is 0.716.